The van der Waals surface area contributed by atoms with E-state index in [9.17, 15) is 22.8 Å². The summed E-state index contributed by atoms with van der Waals surface area (Å²) in [7, 11) is 3.16. The van der Waals surface area contributed by atoms with E-state index in [0.29, 0.717) is 24.5 Å². The van der Waals surface area contributed by atoms with Crippen molar-refractivity contribution in [3.05, 3.63) is 23.8 Å². The molecule has 3 atom stereocenters. The largest absolute Gasteiger partial charge is 0.491 e. The number of carbonyl (C=O) groups excluding carboxylic acids is 2. The van der Waals surface area contributed by atoms with Crippen LogP contribution >= 0.6 is 0 Å². The number of halogens is 3. The van der Waals surface area contributed by atoms with Crippen molar-refractivity contribution in [1.29, 1.82) is 0 Å². The third-order valence-electron chi connectivity index (χ3n) is 6.05. The lowest BCUT2D eigenvalue weighted by Gasteiger charge is -2.36. The summed E-state index contributed by atoms with van der Waals surface area (Å²) in [6.45, 7) is 6.70. The predicted octanol–water partition coefficient (Wildman–Crippen LogP) is 3.98. The summed E-state index contributed by atoms with van der Waals surface area (Å²) in [6, 6.07) is 4.03. The summed E-state index contributed by atoms with van der Waals surface area (Å²) < 4.78 is 50.4. The number of alkyl halides is 3. The van der Waals surface area contributed by atoms with Gasteiger partial charge >= 0.3 is 12.2 Å². The monoisotopic (exact) mass is 502 g/mol. The second-order valence-corrected chi connectivity index (χ2v) is 9.05. The van der Waals surface area contributed by atoms with Crippen LogP contribution in [0.4, 0.5) is 23.7 Å². The number of fused-ring (bicyclic) bond motifs is 1. The Morgan fingerprint density at radius 3 is 2.60 bits per heavy atom. The summed E-state index contributed by atoms with van der Waals surface area (Å²) in [5.41, 5.74) is 0.671. The first-order valence-electron chi connectivity index (χ1n) is 11.9. The molecule has 0 saturated heterocycles. The Morgan fingerprint density at radius 2 is 1.97 bits per heavy atom. The van der Waals surface area contributed by atoms with Gasteiger partial charge in [-0.05, 0) is 37.5 Å². The maximum absolute atomic E-state index is 13.3. The van der Waals surface area contributed by atoms with Gasteiger partial charge in [0.15, 0.2) is 0 Å². The molecule has 198 valence electrons. The summed E-state index contributed by atoms with van der Waals surface area (Å²) in [6.07, 6.45) is -4.78. The molecule has 0 unspecified atom stereocenters. The maximum atomic E-state index is 13.3. The van der Waals surface area contributed by atoms with Crippen LogP contribution in [-0.2, 0) is 4.74 Å². The minimum atomic E-state index is -4.26. The highest BCUT2D eigenvalue weighted by Crippen LogP contribution is 2.27. The number of hydrogen-bond acceptors (Lipinski definition) is 5. The van der Waals surface area contributed by atoms with E-state index in [4.69, 9.17) is 9.47 Å². The van der Waals surface area contributed by atoms with Crippen molar-refractivity contribution in [2.75, 3.05) is 52.3 Å². The number of rotatable bonds is 6. The van der Waals surface area contributed by atoms with Crippen LogP contribution in [-0.4, -0.2) is 87.0 Å². The average Bonchev–Trinajstić information content (AvgIpc) is 2.80. The highest BCUT2D eigenvalue weighted by atomic mass is 19.4. The first-order chi connectivity index (χ1) is 16.4. The number of urea groups is 1. The molecule has 2 N–H and O–H groups in total. The molecule has 3 amide bonds. The van der Waals surface area contributed by atoms with Crippen molar-refractivity contribution in [2.24, 2.45) is 5.92 Å². The van der Waals surface area contributed by atoms with E-state index < -0.39 is 12.6 Å². The number of nitrogens with zero attached hydrogens (tertiary/aromatic N) is 2. The molecule has 1 heterocycles. The number of anilines is 1. The van der Waals surface area contributed by atoms with E-state index in [-0.39, 0.29) is 55.3 Å². The van der Waals surface area contributed by atoms with Crippen molar-refractivity contribution >= 4 is 17.6 Å². The van der Waals surface area contributed by atoms with Crippen molar-refractivity contribution in [3.8, 4) is 5.75 Å². The standard InChI is InChI=1S/C24H37F3N4O4/c1-6-10-28-23(33)29-18-7-8-20-19(12-18)22(32)30(4)14-21(34-5)16(2)13-31(17(3)15-35-20)11-9-24(25,26)27/h7-8,12,16-17,21H,6,9-11,13-15H2,1-5H3,(H2,28,29,33)/t16-,17-,21-/m1/s1. The third-order valence-corrected chi connectivity index (χ3v) is 6.05. The normalized spacial score (nSPS) is 22.5. The molecule has 0 spiro atoms. The summed E-state index contributed by atoms with van der Waals surface area (Å²) in [5, 5.41) is 5.42. The Morgan fingerprint density at radius 1 is 1.26 bits per heavy atom. The summed E-state index contributed by atoms with van der Waals surface area (Å²) in [5.74, 6) is -0.152. The topological polar surface area (TPSA) is 83.1 Å². The molecular weight excluding hydrogens is 465 g/mol. The lowest BCUT2D eigenvalue weighted by molar-refractivity contribution is -0.140. The molecule has 8 nitrogen and oxygen atoms in total. The molecule has 0 saturated carbocycles. The Labute approximate surface area is 205 Å². The zero-order chi connectivity index (χ0) is 26.2. The third kappa shape index (κ3) is 8.88. The number of carbonyl (C=O) groups is 2. The van der Waals surface area contributed by atoms with Crippen LogP contribution in [0.1, 0.15) is 44.0 Å². The van der Waals surface area contributed by atoms with Gasteiger partial charge < -0.3 is 25.0 Å². The zero-order valence-electron chi connectivity index (χ0n) is 21.1. The molecule has 2 rings (SSSR count). The lowest BCUT2D eigenvalue weighted by atomic mass is 10.0. The Balaban J connectivity index is 2.35. The van der Waals surface area contributed by atoms with Crippen LogP contribution in [0.5, 0.6) is 5.75 Å². The highest BCUT2D eigenvalue weighted by molar-refractivity contribution is 5.99. The fourth-order valence-corrected chi connectivity index (χ4v) is 3.93. The quantitative estimate of drug-likeness (QED) is 0.615. The number of methoxy groups -OCH3 is 1. The molecule has 0 radical (unpaired) electrons. The van der Waals surface area contributed by atoms with E-state index in [0.717, 1.165) is 6.42 Å². The average molecular weight is 503 g/mol. The molecule has 1 aromatic rings. The minimum Gasteiger partial charge on any atom is -0.491 e. The second kappa shape index (κ2) is 13.0. The van der Waals surface area contributed by atoms with Crippen molar-refractivity contribution < 1.29 is 32.2 Å². The van der Waals surface area contributed by atoms with Gasteiger partial charge in [-0.1, -0.05) is 13.8 Å². The van der Waals surface area contributed by atoms with E-state index in [1.807, 2.05) is 13.8 Å². The van der Waals surface area contributed by atoms with Crippen LogP contribution in [0.3, 0.4) is 0 Å². The van der Waals surface area contributed by atoms with Gasteiger partial charge in [-0.15, -0.1) is 0 Å². The molecule has 1 aromatic carbocycles. The van der Waals surface area contributed by atoms with Gasteiger partial charge in [-0.3, -0.25) is 9.69 Å². The maximum Gasteiger partial charge on any atom is 0.390 e. The van der Waals surface area contributed by atoms with Crippen LogP contribution in [0.25, 0.3) is 0 Å². The first-order valence-corrected chi connectivity index (χ1v) is 11.9. The van der Waals surface area contributed by atoms with Gasteiger partial charge in [0.05, 0.1) is 18.1 Å². The number of likely N-dealkylation sites (N-methyl/N-ethyl adjacent to an activating group) is 1. The number of benzene rings is 1. The molecular formula is C24H37F3N4O4. The van der Waals surface area contributed by atoms with Gasteiger partial charge in [0.2, 0.25) is 0 Å². The van der Waals surface area contributed by atoms with Gasteiger partial charge in [0.25, 0.3) is 5.91 Å². The predicted molar refractivity (Wildman–Crippen MR) is 128 cm³/mol. The van der Waals surface area contributed by atoms with Crippen LogP contribution in [0.15, 0.2) is 18.2 Å². The molecule has 0 aromatic heterocycles. The Kier molecular flexibility index (Phi) is 10.6. The van der Waals surface area contributed by atoms with Crippen molar-refractivity contribution in [1.82, 2.24) is 15.1 Å². The number of amides is 3. The van der Waals surface area contributed by atoms with Gasteiger partial charge in [0, 0.05) is 52.1 Å². The number of hydrogen-bond donors (Lipinski definition) is 2. The Hall–Kier alpha value is -2.53. The minimum absolute atomic E-state index is 0.0932. The van der Waals surface area contributed by atoms with Crippen molar-refractivity contribution in [3.63, 3.8) is 0 Å². The van der Waals surface area contributed by atoms with Crippen LogP contribution < -0.4 is 15.4 Å². The number of nitrogens with one attached hydrogen (secondary N) is 2. The fourth-order valence-electron chi connectivity index (χ4n) is 3.93. The first kappa shape index (κ1) is 28.7. The van der Waals surface area contributed by atoms with Crippen LogP contribution in [0.2, 0.25) is 0 Å². The molecule has 11 heteroatoms. The van der Waals surface area contributed by atoms with E-state index in [1.165, 1.54) is 12.0 Å². The Bertz CT molecular complexity index is 853. The van der Waals surface area contributed by atoms with E-state index in [1.54, 1.807) is 37.1 Å². The molecule has 0 bridgehead atoms. The lowest BCUT2D eigenvalue weighted by Crippen LogP contribution is -2.47. The smallest absolute Gasteiger partial charge is 0.390 e. The molecule has 0 fully saturated rings. The van der Waals surface area contributed by atoms with Gasteiger partial charge in [-0.2, -0.15) is 13.2 Å². The highest BCUT2D eigenvalue weighted by Gasteiger charge is 2.32. The van der Waals surface area contributed by atoms with E-state index >= 15 is 0 Å². The fraction of sp³-hybridized carbons (Fsp3) is 0.667. The zero-order valence-corrected chi connectivity index (χ0v) is 21.1. The molecule has 35 heavy (non-hydrogen) atoms. The van der Waals surface area contributed by atoms with Gasteiger partial charge in [0.1, 0.15) is 12.4 Å². The molecule has 1 aliphatic rings. The van der Waals surface area contributed by atoms with E-state index in [2.05, 4.69) is 10.6 Å². The summed E-state index contributed by atoms with van der Waals surface area (Å²) >= 11 is 0. The molecule has 1 aliphatic heterocycles. The molecule has 0 aliphatic carbocycles. The second-order valence-electron chi connectivity index (χ2n) is 9.05. The summed E-state index contributed by atoms with van der Waals surface area (Å²) in [4.78, 5) is 28.6. The van der Waals surface area contributed by atoms with Gasteiger partial charge in [-0.25, -0.2) is 4.79 Å². The number of ether oxygens (including phenoxy) is 2. The van der Waals surface area contributed by atoms with Crippen LogP contribution in [0, 0.1) is 5.92 Å². The van der Waals surface area contributed by atoms with Crippen molar-refractivity contribution in [2.45, 2.75) is 51.9 Å². The SMILES string of the molecule is CCCNC(=O)Nc1ccc2c(c1)C(=O)N(C)C[C@@H](OC)[C@H](C)CN(CCC(F)(F)F)[C@H](C)CO2.